The third-order valence-electron chi connectivity index (χ3n) is 2.19. The lowest BCUT2D eigenvalue weighted by atomic mass is 10.2. The summed E-state index contributed by atoms with van der Waals surface area (Å²) in [4.78, 5) is 10.4. The van der Waals surface area contributed by atoms with Gasteiger partial charge in [-0.05, 0) is 45.4 Å². The van der Waals surface area contributed by atoms with Crippen molar-refractivity contribution in [3.05, 3.63) is 35.4 Å². The third-order valence-corrected chi connectivity index (χ3v) is 4.72. The highest BCUT2D eigenvalue weighted by molar-refractivity contribution is 6.58. The predicted molar refractivity (Wildman–Crippen MR) is 70.5 cm³/mol. The van der Waals surface area contributed by atoms with E-state index in [0.29, 0.717) is 5.56 Å². The molecular weight excluding hydrogens is 270 g/mol. The summed E-state index contributed by atoms with van der Waals surface area (Å²) in [6.07, 6.45) is -0.456. The van der Waals surface area contributed by atoms with Gasteiger partial charge in [-0.3, -0.25) is 0 Å². The molecule has 108 valence electrons. The SMILES string of the molecule is CC(C)O[Si](O)(Cc1cc(F)cc(F)c1)OC(C)C. The van der Waals surface area contributed by atoms with Crippen molar-refractivity contribution >= 4 is 8.80 Å². The van der Waals surface area contributed by atoms with Crippen molar-refractivity contribution in [3.8, 4) is 0 Å². The van der Waals surface area contributed by atoms with E-state index in [2.05, 4.69) is 0 Å². The zero-order chi connectivity index (χ0) is 14.6. The van der Waals surface area contributed by atoms with Crippen molar-refractivity contribution in [1.29, 1.82) is 0 Å². The molecule has 0 bridgehead atoms. The highest BCUT2D eigenvalue weighted by Crippen LogP contribution is 2.18. The van der Waals surface area contributed by atoms with Crippen molar-refractivity contribution in [1.82, 2.24) is 0 Å². The van der Waals surface area contributed by atoms with Gasteiger partial charge in [0.2, 0.25) is 0 Å². The molecule has 0 fully saturated rings. The van der Waals surface area contributed by atoms with E-state index in [1.165, 1.54) is 12.1 Å². The van der Waals surface area contributed by atoms with Crippen LogP contribution in [0, 0.1) is 11.6 Å². The average Bonchev–Trinajstić information content (AvgIpc) is 2.10. The highest BCUT2D eigenvalue weighted by Gasteiger charge is 2.39. The smallest absolute Gasteiger partial charge is 0.389 e. The molecule has 0 aliphatic rings. The molecule has 19 heavy (non-hydrogen) atoms. The quantitative estimate of drug-likeness (QED) is 0.819. The number of rotatable bonds is 6. The summed E-state index contributed by atoms with van der Waals surface area (Å²) < 4.78 is 37.2. The molecule has 0 saturated carbocycles. The average molecular weight is 290 g/mol. The van der Waals surface area contributed by atoms with Gasteiger partial charge in [-0.1, -0.05) is 0 Å². The van der Waals surface area contributed by atoms with Gasteiger partial charge in [0.25, 0.3) is 0 Å². The Morgan fingerprint density at radius 1 is 1.00 bits per heavy atom. The van der Waals surface area contributed by atoms with Crippen LogP contribution in [0.1, 0.15) is 33.3 Å². The first-order valence-electron chi connectivity index (χ1n) is 6.23. The molecule has 3 nitrogen and oxygen atoms in total. The maximum absolute atomic E-state index is 13.1. The number of hydrogen-bond donors (Lipinski definition) is 1. The van der Waals surface area contributed by atoms with Gasteiger partial charge in [0.1, 0.15) is 11.6 Å². The van der Waals surface area contributed by atoms with Gasteiger partial charge in [-0.25, -0.2) is 8.78 Å². The van der Waals surface area contributed by atoms with Crippen LogP contribution in [0.4, 0.5) is 8.78 Å². The van der Waals surface area contributed by atoms with E-state index < -0.39 is 20.4 Å². The first-order valence-corrected chi connectivity index (χ1v) is 8.20. The van der Waals surface area contributed by atoms with E-state index in [9.17, 15) is 13.6 Å². The summed E-state index contributed by atoms with van der Waals surface area (Å²) in [6.45, 7) is 7.09. The highest BCUT2D eigenvalue weighted by atomic mass is 28.4. The van der Waals surface area contributed by atoms with Crippen LogP contribution in [-0.2, 0) is 14.9 Å². The first-order chi connectivity index (χ1) is 8.70. The van der Waals surface area contributed by atoms with Gasteiger partial charge < -0.3 is 13.6 Å². The van der Waals surface area contributed by atoms with Crippen LogP contribution >= 0.6 is 0 Å². The number of hydrogen-bond acceptors (Lipinski definition) is 3. The Morgan fingerprint density at radius 3 is 1.79 bits per heavy atom. The second-order valence-corrected chi connectivity index (χ2v) is 7.25. The molecule has 0 aromatic heterocycles. The summed E-state index contributed by atoms with van der Waals surface area (Å²) in [5.41, 5.74) is 0.327. The Labute approximate surface area is 113 Å². The molecule has 0 aliphatic heterocycles. The maximum Gasteiger partial charge on any atom is 0.503 e. The van der Waals surface area contributed by atoms with Gasteiger partial charge in [-0.15, -0.1) is 0 Å². The van der Waals surface area contributed by atoms with Crippen LogP contribution in [0.3, 0.4) is 0 Å². The molecule has 0 amide bonds. The molecule has 6 heteroatoms. The lowest BCUT2D eigenvalue weighted by Gasteiger charge is -2.28. The molecule has 1 aromatic rings. The van der Waals surface area contributed by atoms with Crippen molar-refractivity contribution in [2.75, 3.05) is 0 Å². The minimum Gasteiger partial charge on any atom is -0.389 e. The van der Waals surface area contributed by atoms with Gasteiger partial charge in [0, 0.05) is 24.3 Å². The van der Waals surface area contributed by atoms with Gasteiger partial charge >= 0.3 is 8.80 Å². The molecule has 1 rings (SSSR count). The Kier molecular flexibility index (Phi) is 5.60. The fourth-order valence-electron chi connectivity index (χ4n) is 1.82. The van der Waals surface area contributed by atoms with E-state index >= 15 is 0 Å². The molecular formula is C13H20F2O3Si. The van der Waals surface area contributed by atoms with Gasteiger partial charge in [-0.2, -0.15) is 0 Å². The molecule has 0 atom stereocenters. The van der Waals surface area contributed by atoms with Crippen molar-refractivity contribution < 1.29 is 22.4 Å². The van der Waals surface area contributed by atoms with Crippen molar-refractivity contribution in [2.24, 2.45) is 0 Å². The summed E-state index contributed by atoms with van der Waals surface area (Å²) in [5.74, 6) is -1.36. The van der Waals surface area contributed by atoms with E-state index in [1.807, 2.05) is 0 Å². The summed E-state index contributed by atoms with van der Waals surface area (Å²) >= 11 is 0. The van der Waals surface area contributed by atoms with E-state index in [-0.39, 0.29) is 18.3 Å². The zero-order valence-corrected chi connectivity index (χ0v) is 12.6. The molecule has 0 heterocycles. The molecule has 0 radical (unpaired) electrons. The minimum atomic E-state index is -3.50. The maximum atomic E-state index is 13.1. The summed E-state index contributed by atoms with van der Waals surface area (Å²) in [7, 11) is -3.50. The standard InChI is InChI=1S/C13H20F2O3Si/c1-9(2)17-19(16,18-10(3)4)8-11-5-12(14)7-13(15)6-11/h5-7,9-10,16H,8H2,1-4H3. The van der Waals surface area contributed by atoms with Gasteiger partial charge in [0.15, 0.2) is 0 Å². The van der Waals surface area contributed by atoms with Crippen LogP contribution in [0.25, 0.3) is 0 Å². The van der Waals surface area contributed by atoms with Crippen molar-refractivity contribution in [3.63, 3.8) is 0 Å². The molecule has 0 saturated heterocycles. The van der Waals surface area contributed by atoms with Crippen LogP contribution in [-0.4, -0.2) is 25.8 Å². The Balaban J connectivity index is 2.92. The fourth-order valence-corrected chi connectivity index (χ4v) is 4.23. The molecule has 0 aliphatic carbocycles. The summed E-state index contributed by atoms with van der Waals surface area (Å²) in [6, 6.07) is 3.12. The number of halogens is 2. The van der Waals surface area contributed by atoms with E-state index in [1.54, 1.807) is 27.7 Å². The van der Waals surface area contributed by atoms with E-state index in [0.717, 1.165) is 6.07 Å². The molecule has 1 N–H and O–H groups in total. The van der Waals surface area contributed by atoms with Gasteiger partial charge in [0.05, 0.1) is 0 Å². The normalized spacial score (nSPS) is 12.5. The molecule has 0 unspecified atom stereocenters. The second-order valence-electron chi connectivity index (χ2n) is 5.00. The molecule has 0 spiro atoms. The monoisotopic (exact) mass is 290 g/mol. The zero-order valence-electron chi connectivity index (χ0n) is 11.6. The van der Waals surface area contributed by atoms with Crippen LogP contribution < -0.4 is 0 Å². The minimum absolute atomic E-state index is 0.0158. The van der Waals surface area contributed by atoms with Crippen LogP contribution in [0.2, 0.25) is 0 Å². The van der Waals surface area contributed by atoms with Crippen molar-refractivity contribution in [2.45, 2.75) is 45.9 Å². The third kappa shape index (κ3) is 5.77. The fraction of sp³-hybridized carbons (Fsp3) is 0.538. The Bertz CT molecular complexity index is 394. The Morgan fingerprint density at radius 2 is 1.42 bits per heavy atom. The summed E-state index contributed by atoms with van der Waals surface area (Å²) in [5, 5.41) is 0. The lowest BCUT2D eigenvalue weighted by molar-refractivity contribution is 0.0469. The van der Waals surface area contributed by atoms with Crippen LogP contribution in [0.5, 0.6) is 0 Å². The lowest BCUT2D eigenvalue weighted by Crippen LogP contribution is -2.49. The van der Waals surface area contributed by atoms with E-state index in [4.69, 9.17) is 8.85 Å². The predicted octanol–water partition coefficient (Wildman–Crippen LogP) is 2.83. The first kappa shape index (κ1) is 16.2. The Hall–Kier alpha value is -0.823. The largest absolute Gasteiger partial charge is 0.503 e. The topological polar surface area (TPSA) is 38.7 Å². The number of benzene rings is 1. The molecule has 1 aromatic carbocycles. The second kappa shape index (κ2) is 6.56. The van der Waals surface area contributed by atoms with Crippen LogP contribution in [0.15, 0.2) is 18.2 Å².